The highest BCUT2D eigenvalue weighted by molar-refractivity contribution is 7.14. The quantitative estimate of drug-likeness (QED) is 0.0287. The first-order valence-electron chi connectivity index (χ1n) is 47.9. The number of hydrogen-bond donors (Lipinski definition) is 4. The molecule has 0 radical (unpaired) electrons. The van der Waals surface area contributed by atoms with E-state index in [9.17, 15) is 32.3 Å². The summed E-state index contributed by atoms with van der Waals surface area (Å²) in [6.07, 6.45) is 6.55. The molecule has 4 fully saturated rings. The number of ether oxygens (including phenoxy) is 5. The Hall–Kier alpha value is -11.5. The summed E-state index contributed by atoms with van der Waals surface area (Å²) in [7, 11) is 9.57. The number of alkyl halides is 3. The maximum atomic E-state index is 13.8. The Bertz CT molecular complexity index is 6200. The molecule has 16 rings (SSSR count). The van der Waals surface area contributed by atoms with Gasteiger partial charge in [-0.3, -0.25) is 37.4 Å². The molecule has 4 N–H and O–H groups in total. The number of methoxy groups -OCH3 is 1. The van der Waals surface area contributed by atoms with Crippen LogP contribution in [0.25, 0.3) is 45.6 Å². The highest BCUT2D eigenvalue weighted by atomic mass is 35.5. The number of anilines is 10. The number of rotatable bonds is 35. The molecule has 752 valence electrons. The molecule has 4 aliphatic heterocycles. The van der Waals surface area contributed by atoms with Gasteiger partial charge in [0, 0.05) is 220 Å². The minimum Gasteiger partial charge on any atom is -0.481 e. The number of benzene rings is 2. The van der Waals surface area contributed by atoms with Crippen molar-refractivity contribution in [2.45, 2.75) is 210 Å². The van der Waals surface area contributed by atoms with Gasteiger partial charge in [0.1, 0.15) is 51.9 Å². The van der Waals surface area contributed by atoms with Gasteiger partial charge in [-0.1, -0.05) is 39.3 Å². The van der Waals surface area contributed by atoms with Gasteiger partial charge in [-0.25, -0.2) is 49.8 Å². The lowest BCUT2D eigenvalue weighted by atomic mass is 10.1. The molecule has 4 unspecified atom stereocenters. The highest BCUT2D eigenvalue weighted by Gasteiger charge is 2.42. The second-order valence-electron chi connectivity index (χ2n) is 34.3. The third-order valence-corrected chi connectivity index (χ3v) is 28.7. The Morgan fingerprint density at radius 1 is 0.407 bits per heavy atom. The maximum Gasteiger partial charge on any atom is 0.416 e. The zero-order chi connectivity index (χ0) is 101. The average Bonchev–Trinajstić information content (AvgIpc) is 1.27. The van der Waals surface area contributed by atoms with E-state index >= 15 is 0 Å². The maximum absolute atomic E-state index is 13.8. The Morgan fingerprint density at radius 3 is 1.01 bits per heavy atom. The van der Waals surface area contributed by atoms with Crippen molar-refractivity contribution in [1.82, 2.24) is 68.1 Å². The standard InChI is InChI=1S/C26H36N6O2S.C25H35N7O2S.C24H27ClF3N5O2S.C24H32N6O3S/c1-7-20-23(28-21-15-31(16-22(21)34-9-3)26-27-12-13-35-26)25(33)32(8-2)24(29-20)19-11-10-18(30(5)6)14-17(19)4;1-7-18-22(28-19-14-31(15-20(19)34-9-3)25-26-10-11-35-25)24(33)32(8-2)23(29-18)17-13-27-21(30(5)6)12-16(17)4;1-4-17-20(30-18-12-32(13-19(18)35-6-3)23-29-9-10-36-23)22(34)33(5-2)21(31-17)15-8-7-14(11-16(15)25)24(26,27)28;1-6-17-21(27-18-13-29(14-19(18)33-8-3)24-25-11-12-34-24)23(31)30(7-2)22(28-17)16-9-10-20(32-5)26-15(16)4/h10-14,21-22,28H,7-9,15-16H2,1-6H3;10-13,19-20,28H,7-9,14-15H2,1-6H3;7-11,18-19,30H,4-6,12-13H2,1-3H3;9-12,18-19,27H,6-8,13-14H2,1-5H3/t21?,22-;19?,20-;2*18?,19-/m0000/s1. The molecule has 0 saturated carbocycles. The van der Waals surface area contributed by atoms with E-state index in [0.29, 0.717) is 144 Å². The van der Waals surface area contributed by atoms with Crippen LogP contribution < -0.4 is 77.6 Å². The third-order valence-electron chi connectivity index (χ3n) is 25.1. The summed E-state index contributed by atoms with van der Waals surface area (Å²) in [6.45, 7) is 39.4. The molecule has 0 bridgehead atoms. The molecule has 8 atom stereocenters. The number of nitrogens with one attached hydrogen (secondary N) is 4. The Labute approximate surface area is 836 Å². The van der Waals surface area contributed by atoms with Crippen LogP contribution in [-0.4, -0.2) is 231 Å². The average molecular weight is 2020 g/mol. The van der Waals surface area contributed by atoms with Crippen LogP contribution in [-0.2, 0) is 77.0 Å². The third kappa shape index (κ3) is 23.9. The first kappa shape index (κ1) is 106. The first-order valence-corrected chi connectivity index (χ1v) is 51.8. The van der Waals surface area contributed by atoms with Crippen LogP contribution >= 0.6 is 56.9 Å². The predicted octanol–water partition coefficient (Wildman–Crippen LogP) is 16.1. The van der Waals surface area contributed by atoms with Crippen molar-refractivity contribution in [3.8, 4) is 51.4 Å². The van der Waals surface area contributed by atoms with Gasteiger partial charge in [0.15, 0.2) is 20.5 Å². The molecular weight excluding hydrogens is 1890 g/mol. The van der Waals surface area contributed by atoms with Crippen molar-refractivity contribution >= 4 is 112 Å². The molecule has 4 aliphatic rings. The van der Waals surface area contributed by atoms with E-state index in [1.54, 1.807) is 74.0 Å². The van der Waals surface area contributed by atoms with Crippen molar-refractivity contribution in [3.63, 3.8) is 0 Å². The minimum atomic E-state index is -4.52. The van der Waals surface area contributed by atoms with E-state index in [4.69, 9.17) is 55.2 Å². The van der Waals surface area contributed by atoms with Crippen molar-refractivity contribution in [3.05, 3.63) is 199 Å². The first-order chi connectivity index (χ1) is 67.4. The van der Waals surface area contributed by atoms with Gasteiger partial charge in [0.05, 0.1) is 94.7 Å². The minimum absolute atomic E-state index is 0.0316. The van der Waals surface area contributed by atoms with Crippen molar-refractivity contribution in [2.24, 2.45) is 0 Å². The fourth-order valence-electron chi connectivity index (χ4n) is 18.0. The Balaban J connectivity index is 0.000000157. The zero-order valence-electron chi connectivity index (χ0n) is 83.4. The Morgan fingerprint density at radius 2 is 0.736 bits per heavy atom. The molecule has 10 aromatic heterocycles. The smallest absolute Gasteiger partial charge is 0.416 e. The second-order valence-corrected chi connectivity index (χ2v) is 38.2. The van der Waals surface area contributed by atoms with E-state index in [-0.39, 0.29) is 93.8 Å². The molecule has 14 heterocycles. The summed E-state index contributed by atoms with van der Waals surface area (Å²) in [6, 6.07) is 14.8. The fraction of sp³-hybridized carbons (Fsp3) is 0.495. The molecule has 41 heteroatoms. The summed E-state index contributed by atoms with van der Waals surface area (Å²) in [4.78, 5) is 114. The number of halogens is 4. The van der Waals surface area contributed by atoms with Gasteiger partial charge in [-0.2, -0.15) is 13.2 Å². The summed E-state index contributed by atoms with van der Waals surface area (Å²) in [5.41, 5.74) is 10.5. The summed E-state index contributed by atoms with van der Waals surface area (Å²) in [5.74, 6) is 3.65. The summed E-state index contributed by atoms with van der Waals surface area (Å²) < 4.78 is 75.4. The van der Waals surface area contributed by atoms with Crippen LogP contribution in [0.2, 0.25) is 5.02 Å². The van der Waals surface area contributed by atoms with Crippen molar-refractivity contribution in [1.29, 1.82) is 0 Å². The van der Waals surface area contributed by atoms with Crippen LogP contribution in [0.1, 0.15) is 128 Å². The molecule has 140 heavy (non-hydrogen) atoms. The normalized spacial score (nSPS) is 17.9. The van der Waals surface area contributed by atoms with Crippen LogP contribution in [0, 0.1) is 20.8 Å². The fourth-order valence-corrected chi connectivity index (χ4v) is 20.9. The lowest BCUT2D eigenvalue weighted by Crippen LogP contribution is -2.38. The van der Waals surface area contributed by atoms with Gasteiger partial charge < -0.3 is 74.4 Å². The topological polar surface area (TPSA) is 331 Å². The molecule has 33 nitrogen and oxygen atoms in total. The van der Waals surface area contributed by atoms with Crippen LogP contribution in [0.4, 0.5) is 68.0 Å². The second kappa shape index (κ2) is 48.3. The van der Waals surface area contributed by atoms with Crippen LogP contribution in [0.5, 0.6) is 5.88 Å². The van der Waals surface area contributed by atoms with Gasteiger partial charge in [0.25, 0.3) is 22.2 Å². The molecule has 2 aromatic carbocycles. The van der Waals surface area contributed by atoms with Crippen LogP contribution in [0.15, 0.2) is 126 Å². The lowest BCUT2D eigenvalue weighted by molar-refractivity contribution is -0.137. The van der Waals surface area contributed by atoms with Gasteiger partial charge in [0.2, 0.25) is 5.88 Å². The van der Waals surface area contributed by atoms with Gasteiger partial charge in [-0.05, 0) is 162 Å². The summed E-state index contributed by atoms with van der Waals surface area (Å²) in [5, 5.41) is 25.5. The zero-order valence-corrected chi connectivity index (χ0v) is 87.4. The highest BCUT2D eigenvalue weighted by Crippen LogP contribution is 2.39. The lowest BCUT2D eigenvalue weighted by Gasteiger charge is -2.23. The van der Waals surface area contributed by atoms with Crippen LogP contribution in [0.3, 0.4) is 0 Å². The monoisotopic (exact) mass is 2020 g/mol. The van der Waals surface area contributed by atoms with Crippen molar-refractivity contribution < 1.29 is 36.9 Å². The van der Waals surface area contributed by atoms with E-state index in [1.807, 2.05) is 182 Å². The van der Waals surface area contributed by atoms with E-state index in [1.165, 1.54) is 22.0 Å². The molecular formula is C99H130ClF3N24O9S4. The van der Waals surface area contributed by atoms with Gasteiger partial charge >= 0.3 is 6.18 Å². The number of aryl methyl sites for hydroxylation is 7. The molecule has 12 aromatic rings. The number of aromatic nitrogens is 14. The number of pyridine rings is 2. The Kier molecular flexibility index (Phi) is 36.5. The van der Waals surface area contributed by atoms with E-state index in [2.05, 4.69) is 101 Å². The predicted molar refractivity (Wildman–Crippen MR) is 560 cm³/mol. The molecule has 0 aliphatic carbocycles. The molecule has 0 spiro atoms. The van der Waals surface area contributed by atoms with E-state index < -0.39 is 11.7 Å². The largest absolute Gasteiger partial charge is 0.481 e. The van der Waals surface area contributed by atoms with Gasteiger partial charge in [-0.15, -0.1) is 45.3 Å². The molecule has 4 saturated heterocycles. The molecule has 0 amide bonds. The van der Waals surface area contributed by atoms with Crippen molar-refractivity contribution in [2.75, 3.05) is 165 Å². The van der Waals surface area contributed by atoms with E-state index in [0.717, 1.165) is 127 Å². The number of hydrogen-bond acceptors (Lipinski definition) is 33. The number of nitrogens with zero attached hydrogens (tertiary/aromatic N) is 20. The number of thiazole rings is 4. The SMILES string of the molecule is CCO[C@H]1CN(c2nccs2)CC1Nc1c(CC)nc(-c2ccc(C(F)(F)F)cc2Cl)n(CC)c1=O.CCO[C@H]1CN(c2nccs2)CC1Nc1c(CC)nc(-c2ccc(N(C)C)cc2C)n(CC)c1=O.CCO[C@H]1CN(c2nccs2)CC1Nc1c(CC)nc(-c2ccc(OC)nc2C)n(CC)c1=O.CCO[C@H]1CN(c2nccs2)CC1Nc1c(CC)nc(-c2cnc(N(C)C)cc2C)n(CC)c1=O. The summed E-state index contributed by atoms with van der Waals surface area (Å²) >= 11 is 12.6.